The number of nitro groups is 1. The van der Waals surface area contributed by atoms with Crippen molar-refractivity contribution in [2.45, 2.75) is 25.3 Å². The Labute approximate surface area is 111 Å². The molecule has 1 aromatic rings. The van der Waals surface area contributed by atoms with Gasteiger partial charge >= 0.3 is 0 Å². The monoisotopic (exact) mass is 263 g/mol. The minimum Gasteiger partial charge on any atom is -0.352 e. The lowest BCUT2D eigenvalue weighted by atomic mass is 10.2. The molecular formula is C13H17N3O3. The summed E-state index contributed by atoms with van der Waals surface area (Å²) in [7, 11) is 0. The first kappa shape index (κ1) is 13.5. The average molecular weight is 263 g/mol. The first-order valence-corrected chi connectivity index (χ1v) is 6.43. The van der Waals surface area contributed by atoms with E-state index < -0.39 is 4.92 Å². The standard InChI is InChI=1S/C13H17N3O3/c17-13(15-8-2-7-14-11-5-6-11)10-3-1-4-12(9-10)16(18)19/h1,3-4,9,11,14H,2,5-8H2,(H,15,17). The van der Waals surface area contributed by atoms with E-state index in [1.54, 1.807) is 6.07 Å². The molecule has 0 spiro atoms. The summed E-state index contributed by atoms with van der Waals surface area (Å²) in [4.78, 5) is 21.9. The van der Waals surface area contributed by atoms with Crippen molar-refractivity contribution in [2.75, 3.05) is 13.1 Å². The first-order valence-electron chi connectivity index (χ1n) is 6.43. The first-order chi connectivity index (χ1) is 9.16. The minimum atomic E-state index is -0.504. The van der Waals surface area contributed by atoms with Crippen LogP contribution >= 0.6 is 0 Å². The number of hydrogen-bond acceptors (Lipinski definition) is 4. The summed E-state index contributed by atoms with van der Waals surface area (Å²) in [5.74, 6) is -0.268. The topological polar surface area (TPSA) is 84.3 Å². The van der Waals surface area contributed by atoms with Crippen molar-refractivity contribution in [2.24, 2.45) is 0 Å². The van der Waals surface area contributed by atoms with Gasteiger partial charge in [-0.3, -0.25) is 14.9 Å². The van der Waals surface area contributed by atoms with E-state index in [0.29, 0.717) is 18.2 Å². The van der Waals surface area contributed by atoms with E-state index in [4.69, 9.17) is 0 Å². The summed E-state index contributed by atoms with van der Waals surface area (Å²) in [6.07, 6.45) is 3.36. The zero-order valence-electron chi connectivity index (χ0n) is 10.6. The molecule has 1 aromatic carbocycles. The number of benzene rings is 1. The van der Waals surface area contributed by atoms with E-state index in [2.05, 4.69) is 10.6 Å². The Morgan fingerprint density at radius 3 is 2.84 bits per heavy atom. The van der Waals surface area contributed by atoms with E-state index in [1.807, 2.05) is 0 Å². The summed E-state index contributed by atoms with van der Waals surface area (Å²) < 4.78 is 0. The number of nitro benzene ring substituents is 1. The molecule has 0 atom stereocenters. The van der Waals surface area contributed by atoms with E-state index in [0.717, 1.165) is 13.0 Å². The Balaban J connectivity index is 1.75. The van der Waals surface area contributed by atoms with E-state index in [1.165, 1.54) is 31.0 Å². The third kappa shape index (κ3) is 4.33. The highest BCUT2D eigenvalue weighted by molar-refractivity contribution is 5.94. The van der Waals surface area contributed by atoms with Gasteiger partial charge in [0.05, 0.1) is 4.92 Å². The quantitative estimate of drug-likeness (QED) is 0.443. The van der Waals surface area contributed by atoms with Crippen LogP contribution in [0.5, 0.6) is 0 Å². The second-order valence-corrected chi connectivity index (χ2v) is 4.65. The molecule has 1 fully saturated rings. The van der Waals surface area contributed by atoms with Crippen molar-refractivity contribution >= 4 is 11.6 Å². The lowest BCUT2D eigenvalue weighted by Crippen LogP contribution is -2.27. The molecule has 6 nitrogen and oxygen atoms in total. The SMILES string of the molecule is O=C(NCCCNC1CC1)c1cccc([N+](=O)[O-])c1. The number of rotatable bonds is 7. The van der Waals surface area contributed by atoms with Crippen LogP contribution in [0.1, 0.15) is 29.6 Å². The highest BCUT2D eigenvalue weighted by Crippen LogP contribution is 2.18. The molecule has 0 aromatic heterocycles. The molecule has 1 saturated carbocycles. The fraction of sp³-hybridized carbons (Fsp3) is 0.462. The third-order valence-electron chi connectivity index (χ3n) is 2.97. The van der Waals surface area contributed by atoms with E-state index in [9.17, 15) is 14.9 Å². The predicted octanol–water partition coefficient (Wildman–Crippen LogP) is 1.47. The predicted molar refractivity (Wildman–Crippen MR) is 71.1 cm³/mol. The molecule has 0 heterocycles. The van der Waals surface area contributed by atoms with Crippen molar-refractivity contribution in [3.8, 4) is 0 Å². The molecule has 0 radical (unpaired) electrons. The van der Waals surface area contributed by atoms with Gasteiger partial charge in [0.1, 0.15) is 0 Å². The number of nitrogens with one attached hydrogen (secondary N) is 2. The Hall–Kier alpha value is -1.95. The van der Waals surface area contributed by atoms with Crippen LogP contribution in [0, 0.1) is 10.1 Å². The lowest BCUT2D eigenvalue weighted by molar-refractivity contribution is -0.384. The molecule has 0 saturated heterocycles. The maximum atomic E-state index is 11.8. The lowest BCUT2D eigenvalue weighted by Gasteiger charge is -2.05. The molecular weight excluding hydrogens is 246 g/mol. The zero-order chi connectivity index (χ0) is 13.7. The van der Waals surface area contributed by atoms with Crippen LogP contribution in [-0.2, 0) is 0 Å². The molecule has 19 heavy (non-hydrogen) atoms. The summed E-state index contributed by atoms with van der Waals surface area (Å²) in [6.45, 7) is 1.46. The van der Waals surface area contributed by atoms with E-state index >= 15 is 0 Å². The van der Waals surface area contributed by atoms with Gasteiger partial charge in [-0.2, -0.15) is 0 Å². The molecule has 2 rings (SSSR count). The number of hydrogen-bond donors (Lipinski definition) is 2. The van der Waals surface area contributed by atoms with Crippen LogP contribution in [0.15, 0.2) is 24.3 Å². The molecule has 0 bridgehead atoms. The van der Waals surface area contributed by atoms with Gasteiger partial charge in [0.2, 0.25) is 0 Å². The summed E-state index contributed by atoms with van der Waals surface area (Å²) in [5.41, 5.74) is 0.257. The molecule has 102 valence electrons. The van der Waals surface area contributed by atoms with Gasteiger partial charge < -0.3 is 10.6 Å². The second-order valence-electron chi connectivity index (χ2n) is 4.65. The number of amides is 1. The third-order valence-corrected chi connectivity index (χ3v) is 2.97. The number of nitrogens with zero attached hydrogens (tertiary/aromatic N) is 1. The Morgan fingerprint density at radius 2 is 2.16 bits per heavy atom. The van der Waals surface area contributed by atoms with Crippen molar-refractivity contribution in [3.05, 3.63) is 39.9 Å². The van der Waals surface area contributed by atoms with Crippen molar-refractivity contribution in [1.82, 2.24) is 10.6 Å². The van der Waals surface area contributed by atoms with Crippen LogP contribution in [-0.4, -0.2) is 30.0 Å². The van der Waals surface area contributed by atoms with Gasteiger partial charge in [-0.05, 0) is 31.9 Å². The van der Waals surface area contributed by atoms with Gasteiger partial charge in [0.15, 0.2) is 0 Å². The molecule has 1 aliphatic rings. The smallest absolute Gasteiger partial charge is 0.270 e. The van der Waals surface area contributed by atoms with Crippen LogP contribution < -0.4 is 10.6 Å². The minimum absolute atomic E-state index is 0.0666. The Morgan fingerprint density at radius 1 is 1.37 bits per heavy atom. The fourth-order valence-corrected chi connectivity index (χ4v) is 1.75. The van der Waals surface area contributed by atoms with Crippen molar-refractivity contribution in [1.29, 1.82) is 0 Å². The molecule has 0 aliphatic heterocycles. The molecule has 1 amide bonds. The zero-order valence-corrected chi connectivity index (χ0v) is 10.6. The molecule has 6 heteroatoms. The Bertz CT molecular complexity index is 472. The van der Waals surface area contributed by atoms with E-state index in [-0.39, 0.29) is 11.6 Å². The summed E-state index contributed by atoms with van der Waals surface area (Å²) >= 11 is 0. The second kappa shape index (κ2) is 6.29. The summed E-state index contributed by atoms with van der Waals surface area (Å²) in [5, 5.41) is 16.7. The van der Waals surface area contributed by atoms with Gasteiger partial charge in [0, 0.05) is 30.3 Å². The Kier molecular flexibility index (Phi) is 4.46. The van der Waals surface area contributed by atoms with Crippen LogP contribution in [0.2, 0.25) is 0 Å². The van der Waals surface area contributed by atoms with Crippen molar-refractivity contribution in [3.63, 3.8) is 0 Å². The maximum Gasteiger partial charge on any atom is 0.270 e. The van der Waals surface area contributed by atoms with Gasteiger partial charge in [-0.15, -0.1) is 0 Å². The number of carbonyl (C=O) groups is 1. The maximum absolute atomic E-state index is 11.8. The largest absolute Gasteiger partial charge is 0.352 e. The van der Waals surface area contributed by atoms with Crippen LogP contribution in [0.3, 0.4) is 0 Å². The van der Waals surface area contributed by atoms with Gasteiger partial charge in [0.25, 0.3) is 11.6 Å². The summed E-state index contributed by atoms with van der Waals surface area (Å²) in [6, 6.07) is 6.42. The highest BCUT2D eigenvalue weighted by Gasteiger charge is 2.19. The van der Waals surface area contributed by atoms with Crippen molar-refractivity contribution < 1.29 is 9.72 Å². The highest BCUT2D eigenvalue weighted by atomic mass is 16.6. The average Bonchev–Trinajstić information content (AvgIpc) is 3.22. The molecule has 2 N–H and O–H groups in total. The fourth-order valence-electron chi connectivity index (χ4n) is 1.75. The number of carbonyl (C=O) groups excluding carboxylic acids is 1. The van der Waals surface area contributed by atoms with Crippen LogP contribution in [0.4, 0.5) is 5.69 Å². The molecule has 1 aliphatic carbocycles. The van der Waals surface area contributed by atoms with Crippen LogP contribution in [0.25, 0.3) is 0 Å². The normalized spacial score (nSPS) is 14.1. The van der Waals surface area contributed by atoms with Gasteiger partial charge in [-0.25, -0.2) is 0 Å². The number of non-ortho nitro benzene ring substituents is 1. The van der Waals surface area contributed by atoms with Gasteiger partial charge in [-0.1, -0.05) is 6.07 Å². The molecule has 0 unspecified atom stereocenters.